The lowest BCUT2D eigenvalue weighted by atomic mass is 10.1. The minimum absolute atomic E-state index is 0.0634. The van der Waals surface area contributed by atoms with Crippen LogP contribution in [0.4, 0.5) is 4.39 Å². The van der Waals surface area contributed by atoms with Crippen molar-refractivity contribution in [2.24, 2.45) is 0 Å². The minimum Gasteiger partial charge on any atom is -0.294 e. The summed E-state index contributed by atoms with van der Waals surface area (Å²) in [7, 11) is 0. The fraction of sp³-hybridized carbons (Fsp3) is 0.0833. The van der Waals surface area contributed by atoms with Crippen LogP contribution < -0.4 is 5.56 Å². The van der Waals surface area contributed by atoms with Crippen LogP contribution >= 0.6 is 27.5 Å². The first-order chi connectivity index (χ1) is 9.02. The van der Waals surface area contributed by atoms with Gasteiger partial charge in [0.2, 0.25) is 0 Å². The average molecular weight is 343 g/mol. The molecule has 0 bridgehead atoms. The van der Waals surface area contributed by atoms with Crippen molar-refractivity contribution in [1.29, 1.82) is 5.26 Å². The Morgan fingerprint density at radius 2 is 2.26 bits per heavy atom. The second-order valence-electron chi connectivity index (χ2n) is 3.71. The van der Waals surface area contributed by atoms with Crippen LogP contribution in [-0.2, 0) is 6.54 Å². The molecule has 4 nitrogen and oxygen atoms in total. The zero-order chi connectivity index (χ0) is 14.0. The number of aromatic nitrogens is 2. The summed E-state index contributed by atoms with van der Waals surface area (Å²) < 4.78 is 14.7. The molecule has 0 spiro atoms. The molecular weight excluding hydrogens is 337 g/mol. The van der Waals surface area contributed by atoms with Gasteiger partial charge in [0.25, 0.3) is 5.56 Å². The summed E-state index contributed by atoms with van der Waals surface area (Å²) >= 11 is 8.74. The van der Waals surface area contributed by atoms with Gasteiger partial charge in [-0.1, -0.05) is 17.7 Å². The maximum atomic E-state index is 13.2. The van der Waals surface area contributed by atoms with Gasteiger partial charge in [-0.05, 0) is 33.6 Å². The van der Waals surface area contributed by atoms with Gasteiger partial charge in [-0.3, -0.25) is 9.36 Å². The summed E-state index contributed by atoms with van der Waals surface area (Å²) in [5, 5.41) is 8.83. The molecule has 19 heavy (non-hydrogen) atoms. The van der Waals surface area contributed by atoms with Gasteiger partial charge in [-0.25, -0.2) is 9.37 Å². The Morgan fingerprint density at radius 1 is 1.53 bits per heavy atom. The second-order valence-corrected chi connectivity index (χ2v) is 4.86. The molecule has 0 unspecified atom stereocenters. The van der Waals surface area contributed by atoms with Crippen molar-refractivity contribution in [3.05, 3.63) is 61.5 Å². The van der Waals surface area contributed by atoms with Crippen LogP contribution in [0.15, 0.2) is 33.8 Å². The van der Waals surface area contributed by atoms with Crippen LogP contribution in [0, 0.1) is 17.1 Å². The highest BCUT2D eigenvalue weighted by atomic mass is 79.9. The van der Waals surface area contributed by atoms with Gasteiger partial charge in [0.15, 0.2) is 5.15 Å². The van der Waals surface area contributed by atoms with E-state index in [1.807, 2.05) is 0 Å². The molecule has 0 amide bonds. The van der Waals surface area contributed by atoms with E-state index in [-0.39, 0.29) is 27.3 Å². The van der Waals surface area contributed by atoms with Crippen molar-refractivity contribution in [1.82, 2.24) is 9.55 Å². The number of nitrogens with zero attached hydrogens (tertiary/aromatic N) is 3. The molecule has 0 saturated carbocycles. The molecule has 0 atom stereocenters. The third-order valence-corrected chi connectivity index (χ3v) is 3.67. The van der Waals surface area contributed by atoms with Gasteiger partial charge >= 0.3 is 0 Å². The summed E-state index contributed by atoms with van der Waals surface area (Å²) in [4.78, 5) is 15.7. The van der Waals surface area contributed by atoms with Crippen LogP contribution in [0.1, 0.15) is 11.1 Å². The first-order valence-corrected chi connectivity index (χ1v) is 6.29. The molecule has 0 saturated heterocycles. The average Bonchev–Trinajstić information content (AvgIpc) is 2.41. The van der Waals surface area contributed by atoms with Crippen molar-refractivity contribution < 1.29 is 4.39 Å². The van der Waals surface area contributed by atoms with E-state index in [0.29, 0.717) is 5.56 Å². The van der Waals surface area contributed by atoms with Crippen molar-refractivity contribution in [2.75, 3.05) is 0 Å². The summed E-state index contributed by atoms with van der Waals surface area (Å²) in [5.41, 5.74) is 0.213. The molecule has 1 heterocycles. The molecule has 96 valence electrons. The molecule has 0 radical (unpaired) electrons. The van der Waals surface area contributed by atoms with Gasteiger partial charge in [0, 0.05) is 0 Å². The van der Waals surface area contributed by atoms with Crippen molar-refractivity contribution in [3.63, 3.8) is 0 Å². The predicted molar refractivity (Wildman–Crippen MR) is 71.4 cm³/mol. The molecule has 1 aromatic heterocycles. The number of hydrogen-bond donors (Lipinski definition) is 0. The van der Waals surface area contributed by atoms with E-state index in [1.54, 1.807) is 6.07 Å². The largest absolute Gasteiger partial charge is 0.294 e. The third kappa shape index (κ3) is 2.83. The topological polar surface area (TPSA) is 58.7 Å². The van der Waals surface area contributed by atoms with E-state index in [0.717, 1.165) is 0 Å². The number of nitriles is 1. The van der Waals surface area contributed by atoms with E-state index in [4.69, 9.17) is 16.9 Å². The second kappa shape index (κ2) is 5.51. The van der Waals surface area contributed by atoms with Crippen molar-refractivity contribution in [3.8, 4) is 6.07 Å². The molecule has 0 N–H and O–H groups in total. The lowest BCUT2D eigenvalue weighted by Crippen LogP contribution is -2.22. The van der Waals surface area contributed by atoms with Crippen LogP contribution in [0.3, 0.4) is 0 Å². The van der Waals surface area contributed by atoms with Crippen LogP contribution in [0.5, 0.6) is 0 Å². The van der Waals surface area contributed by atoms with Crippen LogP contribution in [0.25, 0.3) is 0 Å². The van der Waals surface area contributed by atoms with E-state index >= 15 is 0 Å². The fourth-order valence-corrected chi connectivity index (χ4v) is 1.96. The lowest BCUT2D eigenvalue weighted by molar-refractivity contribution is 0.621. The Kier molecular flexibility index (Phi) is 3.98. The minimum atomic E-state index is -0.589. The Hall–Kier alpha value is -1.71. The normalized spacial score (nSPS) is 10.2. The van der Waals surface area contributed by atoms with E-state index in [1.165, 1.54) is 29.1 Å². The molecule has 0 aliphatic rings. The SMILES string of the molecule is N#Cc1cc(Cn2cnc(Cl)c(Br)c2=O)ccc1F. The molecule has 7 heteroatoms. The predicted octanol–water partition coefficient (Wildman–Crippen LogP) is 2.72. The highest BCUT2D eigenvalue weighted by Gasteiger charge is 2.08. The smallest absolute Gasteiger partial charge is 0.269 e. The van der Waals surface area contributed by atoms with Gasteiger partial charge in [0.1, 0.15) is 16.4 Å². The standard InChI is InChI=1S/C12H6BrClFN3O/c13-10-11(14)17-6-18(12(10)19)5-7-1-2-9(15)8(3-7)4-16/h1-3,6H,5H2. The summed E-state index contributed by atoms with van der Waals surface area (Å²) in [5.74, 6) is -0.589. The number of benzene rings is 1. The Labute approximate surface area is 121 Å². The summed E-state index contributed by atoms with van der Waals surface area (Å²) in [6, 6.07) is 5.84. The monoisotopic (exact) mass is 341 g/mol. The molecule has 1 aromatic carbocycles. The van der Waals surface area contributed by atoms with Gasteiger partial charge in [-0.2, -0.15) is 5.26 Å². The fourth-order valence-electron chi connectivity index (χ4n) is 1.51. The van der Waals surface area contributed by atoms with E-state index in [9.17, 15) is 9.18 Å². The Morgan fingerprint density at radius 3 is 2.95 bits per heavy atom. The van der Waals surface area contributed by atoms with E-state index < -0.39 is 5.82 Å². The highest BCUT2D eigenvalue weighted by Crippen LogP contribution is 2.15. The van der Waals surface area contributed by atoms with Crippen LogP contribution in [0.2, 0.25) is 5.15 Å². The molecule has 2 aromatic rings. The molecule has 0 aliphatic carbocycles. The summed E-state index contributed by atoms with van der Waals surface area (Å²) in [6.07, 6.45) is 1.30. The van der Waals surface area contributed by atoms with Gasteiger partial charge in [0.05, 0.1) is 18.4 Å². The summed E-state index contributed by atoms with van der Waals surface area (Å²) in [6.45, 7) is 0.177. The number of rotatable bonds is 2. The van der Waals surface area contributed by atoms with Gasteiger partial charge in [-0.15, -0.1) is 0 Å². The number of halogens is 3. The zero-order valence-electron chi connectivity index (χ0n) is 9.40. The first kappa shape index (κ1) is 13.7. The van der Waals surface area contributed by atoms with Gasteiger partial charge < -0.3 is 0 Å². The van der Waals surface area contributed by atoms with Crippen LogP contribution in [-0.4, -0.2) is 9.55 Å². The number of hydrogen-bond acceptors (Lipinski definition) is 3. The molecule has 0 fully saturated rings. The molecular formula is C12H6BrClFN3O. The first-order valence-electron chi connectivity index (χ1n) is 5.12. The molecule has 0 aliphatic heterocycles. The maximum absolute atomic E-state index is 13.2. The van der Waals surface area contributed by atoms with Crippen molar-refractivity contribution >= 4 is 27.5 Å². The zero-order valence-corrected chi connectivity index (χ0v) is 11.7. The Bertz CT molecular complexity index is 739. The highest BCUT2D eigenvalue weighted by molar-refractivity contribution is 9.10. The van der Waals surface area contributed by atoms with E-state index in [2.05, 4.69) is 20.9 Å². The third-order valence-electron chi connectivity index (χ3n) is 2.44. The Balaban J connectivity index is 2.40. The quantitative estimate of drug-likeness (QED) is 0.789. The molecule has 2 rings (SSSR count). The van der Waals surface area contributed by atoms with Crippen molar-refractivity contribution in [2.45, 2.75) is 6.54 Å². The maximum Gasteiger partial charge on any atom is 0.269 e. The lowest BCUT2D eigenvalue weighted by Gasteiger charge is -2.07.